The molecule has 0 saturated carbocycles. The van der Waals surface area contributed by atoms with E-state index in [1.54, 1.807) is 0 Å². The Bertz CT molecular complexity index is 563. The molecule has 0 spiro atoms. The van der Waals surface area contributed by atoms with Gasteiger partial charge in [-0.1, -0.05) is 41.9 Å². The predicted octanol–water partition coefficient (Wildman–Crippen LogP) is 4.56. The molecule has 20 heavy (non-hydrogen) atoms. The Kier molecular flexibility index (Phi) is 4.69. The van der Waals surface area contributed by atoms with Gasteiger partial charge < -0.3 is 10.6 Å². The summed E-state index contributed by atoms with van der Waals surface area (Å²) in [6.07, 6.45) is 0. The minimum atomic E-state index is 0.0195. The Morgan fingerprint density at radius 3 is 2.20 bits per heavy atom. The molecule has 0 radical (unpaired) electrons. The Hall–Kier alpha value is -1.51. The van der Waals surface area contributed by atoms with E-state index < -0.39 is 0 Å². The zero-order valence-corrected chi connectivity index (χ0v) is 12.9. The van der Waals surface area contributed by atoms with Gasteiger partial charge in [-0.25, -0.2) is 0 Å². The van der Waals surface area contributed by atoms with Gasteiger partial charge in [-0.05, 0) is 43.2 Å². The van der Waals surface area contributed by atoms with E-state index in [0.29, 0.717) is 0 Å². The maximum Gasteiger partial charge on any atom is 0.0511 e. The fourth-order valence-electron chi connectivity index (χ4n) is 2.37. The first-order valence-electron chi connectivity index (χ1n) is 6.83. The third kappa shape index (κ3) is 3.14. The largest absolute Gasteiger partial charge is 0.368 e. The highest BCUT2D eigenvalue weighted by Gasteiger charge is 2.16. The summed E-state index contributed by atoms with van der Waals surface area (Å²) in [6.45, 7) is 4.20. The van der Waals surface area contributed by atoms with Crippen molar-refractivity contribution in [3.8, 4) is 0 Å². The number of halogens is 1. The fraction of sp³-hybridized carbons (Fsp3) is 0.294. The summed E-state index contributed by atoms with van der Waals surface area (Å²) in [7, 11) is 2.10. The molecule has 0 aromatic heterocycles. The van der Waals surface area contributed by atoms with Crippen molar-refractivity contribution in [2.75, 3.05) is 11.9 Å². The first-order valence-corrected chi connectivity index (χ1v) is 7.21. The molecule has 0 fully saturated rings. The van der Waals surface area contributed by atoms with Gasteiger partial charge in [0, 0.05) is 23.8 Å². The molecule has 0 amide bonds. The lowest BCUT2D eigenvalue weighted by Crippen LogP contribution is -2.24. The molecule has 0 aliphatic carbocycles. The Labute approximate surface area is 126 Å². The molecule has 2 aromatic rings. The summed E-state index contributed by atoms with van der Waals surface area (Å²) in [6, 6.07) is 16.6. The van der Waals surface area contributed by atoms with E-state index >= 15 is 0 Å². The fourth-order valence-corrected chi connectivity index (χ4v) is 2.49. The van der Waals surface area contributed by atoms with Crippen LogP contribution in [0, 0.1) is 0 Å². The lowest BCUT2D eigenvalue weighted by Gasteiger charge is -2.30. The van der Waals surface area contributed by atoms with Crippen LogP contribution in [0.4, 0.5) is 5.69 Å². The van der Waals surface area contributed by atoms with Crippen LogP contribution in [0.2, 0.25) is 5.02 Å². The lowest BCUT2D eigenvalue weighted by atomic mass is 10.0. The van der Waals surface area contributed by atoms with Crippen molar-refractivity contribution in [1.29, 1.82) is 0 Å². The van der Waals surface area contributed by atoms with Crippen molar-refractivity contribution in [3.05, 3.63) is 64.7 Å². The topological polar surface area (TPSA) is 29.3 Å². The summed E-state index contributed by atoms with van der Waals surface area (Å²) in [5.41, 5.74) is 9.63. The van der Waals surface area contributed by atoms with E-state index in [9.17, 15) is 0 Å². The lowest BCUT2D eigenvalue weighted by molar-refractivity contribution is 0.723. The number of rotatable bonds is 4. The van der Waals surface area contributed by atoms with Crippen LogP contribution in [-0.2, 0) is 0 Å². The number of hydrogen-bond acceptors (Lipinski definition) is 2. The summed E-state index contributed by atoms with van der Waals surface area (Å²) >= 11 is 5.95. The van der Waals surface area contributed by atoms with Gasteiger partial charge in [-0.2, -0.15) is 0 Å². The van der Waals surface area contributed by atoms with Crippen LogP contribution in [0.25, 0.3) is 0 Å². The average Bonchev–Trinajstić information content (AvgIpc) is 2.46. The molecule has 2 aromatic carbocycles. The molecule has 2 rings (SSSR count). The van der Waals surface area contributed by atoms with Crippen LogP contribution in [-0.4, -0.2) is 7.05 Å². The Balaban J connectivity index is 2.31. The summed E-state index contributed by atoms with van der Waals surface area (Å²) in [5, 5.41) is 0.764. The van der Waals surface area contributed by atoms with E-state index in [2.05, 4.69) is 43.1 Å². The van der Waals surface area contributed by atoms with Crippen LogP contribution in [0.1, 0.15) is 37.1 Å². The molecule has 106 valence electrons. The van der Waals surface area contributed by atoms with Gasteiger partial charge in [0.15, 0.2) is 0 Å². The quantitative estimate of drug-likeness (QED) is 0.894. The molecular formula is C17H21ClN2. The third-order valence-electron chi connectivity index (χ3n) is 3.74. The minimum absolute atomic E-state index is 0.0195. The zero-order chi connectivity index (χ0) is 14.7. The van der Waals surface area contributed by atoms with Crippen molar-refractivity contribution in [3.63, 3.8) is 0 Å². The molecule has 1 unspecified atom stereocenters. The van der Waals surface area contributed by atoms with E-state index in [0.717, 1.165) is 10.6 Å². The van der Waals surface area contributed by atoms with Crippen molar-refractivity contribution >= 4 is 17.3 Å². The molecule has 0 aliphatic heterocycles. The Morgan fingerprint density at radius 2 is 1.60 bits per heavy atom. The van der Waals surface area contributed by atoms with Crippen LogP contribution in [0.3, 0.4) is 0 Å². The normalized spacial score (nSPS) is 13.8. The highest BCUT2D eigenvalue weighted by Crippen LogP contribution is 2.31. The molecule has 3 heteroatoms. The van der Waals surface area contributed by atoms with Gasteiger partial charge in [-0.3, -0.25) is 0 Å². The smallest absolute Gasteiger partial charge is 0.0511 e. The van der Waals surface area contributed by atoms with E-state index in [1.165, 1.54) is 11.3 Å². The van der Waals surface area contributed by atoms with Crippen molar-refractivity contribution in [2.24, 2.45) is 5.73 Å². The number of hydrogen-bond donors (Lipinski definition) is 1. The highest BCUT2D eigenvalue weighted by molar-refractivity contribution is 6.30. The second kappa shape index (κ2) is 6.29. The number of nitrogens with two attached hydrogens (primary N) is 1. The van der Waals surface area contributed by atoms with Gasteiger partial charge in [0.05, 0.1) is 6.04 Å². The van der Waals surface area contributed by atoms with E-state index in [-0.39, 0.29) is 12.1 Å². The molecule has 2 N–H and O–H groups in total. The van der Waals surface area contributed by atoms with Crippen molar-refractivity contribution in [1.82, 2.24) is 0 Å². The zero-order valence-electron chi connectivity index (χ0n) is 12.2. The van der Waals surface area contributed by atoms with Gasteiger partial charge >= 0.3 is 0 Å². The second-order valence-corrected chi connectivity index (χ2v) is 5.62. The molecule has 0 aliphatic rings. The van der Waals surface area contributed by atoms with Crippen LogP contribution >= 0.6 is 11.6 Å². The molecule has 0 saturated heterocycles. The monoisotopic (exact) mass is 288 g/mol. The maximum atomic E-state index is 6.07. The maximum absolute atomic E-state index is 6.07. The van der Waals surface area contributed by atoms with Crippen molar-refractivity contribution < 1.29 is 0 Å². The van der Waals surface area contributed by atoms with E-state index in [1.807, 2.05) is 31.2 Å². The number of para-hydroxylation sites is 1. The standard InChI is InChI=1S/C17H21ClN2/c1-12(19)16-6-4-5-7-17(16)20(3)13(2)14-8-10-15(18)11-9-14/h4-13H,19H2,1-3H3/t12-,13?/m0/s1. The first kappa shape index (κ1) is 14.9. The van der Waals surface area contributed by atoms with Crippen LogP contribution in [0.15, 0.2) is 48.5 Å². The number of nitrogens with zero attached hydrogens (tertiary/aromatic N) is 1. The predicted molar refractivity (Wildman–Crippen MR) is 87.3 cm³/mol. The molecular weight excluding hydrogens is 268 g/mol. The SMILES string of the molecule is CC(c1ccc(Cl)cc1)N(C)c1ccccc1[C@H](C)N. The summed E-state index contributed by atoms with van der Waals surface area (Å²) in [4.78, 5) is 2.25. The van der Waals surface area contributed by atoms with Gasteiger partial charge in [0.2, 0.25) is 0 Å². The average molecular weight is 289 g/mol. The summed E-state index contributed by atoms with van der Waals surface area (Å²) < 4.78 is 0. The second-order valence-electron chi connectivity index (χ2n) is 5.19. The third-order valence-corrected chi connectivity index (χ3v) is 3.99. The minimum Gasteiger partial charge on any atom is -0.368 e. The first-order chi connectivity index (χ1) is 9.50. The van der Waals surface area contributed by atoms with Crippen LogP contribution in [0.5, 0.6) is 0 Å². The van der Waals surface area contributed by atoms with Gasteiger partial charge in [0.1, 0.15) is 0 Å². The van der Waals surface area contributed by atoms with E-state index in [4.69, 9.17) is 17.3 Å². The van der Waals surface area contributed by atoms with Crippen molar-refractivity contribution in [2.45, 2.75) is 25.9 Å². The molecule has 2 nitrogen and oxygen atoms in total. The highest BCUT2D eigenvalue weighted by atomic mass is 35.5. The van der Waals surface area contributed by atoms with Crippen LogP contribution < -0.4 is 10.6 Å². The molecule has 0 bridgehead atoms. The van der Waals surface area contributed by atoms with Gasteiger partial charge in [0.25, 0.3) is 0 Å². The van der Waals surface area contributed by atoms with Gasteiger partial charge in [-0.15, -0.1) is 0 Å². The number of anilines is 1. The summed E-state index contributed by atoms with van der Waals surface area (Å²) in [5.74, 6) is 0. The number of benzene rings is 2. The Morgan fingerprint density at radius 1 is 1.00 bits per heavy atom. The molecule has 2 atom stereocenters. The molecule has 0 heterocycles.